The Bertz CT molecular complexity index is 660. The Kier molecular flexibility index (Phi) is 4.37. The topological polar surface area (TPSA) is 49.0 Å². The van der Waals surface area contributed by atoms with Gasteiger partial charge in [0.2, 0.25) is 5.91 Å². The lowest BCUT2D eigenvalue weighted by molar-refractivity contribution is -0.127. The summed E-state index contributed by atoms with van der Waals surface area (Å²) in [6, 6.07) is 9.92. The van der Waals surface area contributed by atoms with Gasteiger partial charge in [0.15, 0.2) is 0 Å². The molecule has 1 amide bonds. The fourth-order valence-corrected chi connectivity index (χ4v) is 3.02. The van der Waals surface area contributed by atoms with Gasteiger partial charge in [-0.05, 0) is 37.0 Å². The van der Waals surface area contributed by atoms with Crippen LogP contribution in [0.1, 0.15) is 35.6 Å². The number of nitrogens with zero attached hydrogens (tertiary/aromatic N) is 2. The number of carbonyl (C=O) groups excluding carboxylic acids is 1. The normalized spacial score (nSPS) is 18.8. The molecule has 1 aromatic heterocycles. The van der Waals surface area contributed by atoms with Crippen molar-refractivity contribution in [2.45, 2.75) is 25.7 Å². The van der Waals surface area contributed by atoms with Gasteiger partial charge in [0.05, 0.1) is 6.20 Å². The van der Waals surface area contributed by atoms with Gasteiger partial charge < -0.3 is 4.90 Å². The van der Waals surface area contributed by atoms with Gasteiger partial charge in [0, 0.05) is 30.8 Å². The zero-order valence-electron chi connectivity index (χ0n) is 12.8. The van der Waals surface area contributed by atoms with Gasteiger partial charge in [-0.15, -0.1) is 0 Å². The quantitative estimate of drug-likeness (QED) is 0.884. The van der Waals surface area contributed by atoms with Crippen molar-refractivity contribution in [1.29, 1.82) is 0 Å². The van der Waals surface area contributed by atoms with Crippen molar-refractivity contribution in [3.63, 3.8) is 0 Å². The molecule has 0 radical (unpaired) electrons. The Morgan fingerprint density at radius 1 is 1.36 bits per heavy atom. The molecule has 1 aromatic carbocycles. The van der Waals surface area contributed by atoms with Crippen LogP contribution in [-0.4, -0.2) is 34.1 Å². The molecule has 0 bridgehead atoms. The maximum absolute atomic E-state index is 12.4. The van der Waals surface area contributed by atoms with Gasteiger partial charge in [0.25, 0.3) is 0 Å². The average Bonchev–Trinajstić information content (AvgIpc) is 3.00. The van der Waals surface area contributed by atoms with E-state index in [1.807, 2.05) is 47.5 Å². The highest BCUT2D eigenvalue weighted by Gasteiger charge is 2.25. The SMILES string of the molecule is Cc1cn[nH]c1C1CCCN(C(=O)/C=C/c2ccccc2)C1. The van der Waals surface area contributed by atoms with Crippen molar-refractivity contribution in [3.8, 4) is 0 Å². The van der Waals surface area contributed by atoms with Gasteiger partial charge in [0.1, 0.15) is 0 Å². The van der Waals surface area contributed by atoms with Crippen LogP contribution in [-0.2, 0) is 4.79 Å². The lowest BCUT2D eigenvalue weighted by Gasteiger charge is -2.32. The van der Waals surface area contributed by atoms with Gasteiger partial charge in [-0.1, -0.05) is 30.3 Å². The number of amides is 1. The number of rotatable bonds is 3. The summed E-state index contributed by atoms with van der Waals surface area (Å²) >= 11 is 0. The lowest BCUT2D eigenvalue weighted by Crippen LogP contribution is -2.38. The number of hydrogen-bond donors (Lipinski definition) is 1. The van der Waals surface area contributed by atoms with Crippen LogP contribution in [0.15, 0.2) is 42.6 Å². The zero-order valence-corrected chi connectivity index (χ0v) is 12.8. The molecule has 1 unspecified atom stereocenters. The molecule has 1 atom stereocenters. The molecule has 0 spiro atoms. The van der Waals surface area contributed by atoms with E-state index >= 15 is 0 Å². The van der Waals surface area contributed by atoms with Crippen LogP contribution >= 0.6 is 0 Å². The number of aryl methyl sites for hydroxylation is 1. The van der Waals surface area contributed by atoms with Crippen molar-refractivity contribution in [2.75, 3.05) is 13.1 Å². The molecule has 0 saturated carbocycles. The summed E-state index contributed by atoms with van der Waals surface area (Å²) in [4.78, 5) is 14.3. The molecular formula is C18H21N3O. The third-order valence-electron chi connectivity index (χ3n) is 4.23. The van der Waals surface area contributed by atoms with E-state index in [9.17, 15) is 4.79 Å². The zero-order chi connectivity index (χ0) is 15.4. The molecule has 2 aromatic rings. The average molecular weight is 295 g/mol. The Hall–Kier alpha value is -2.36. The third-order valence-corrected chi connectivity index (χ3v) is 4.23. The minimum atomic E-state index is 0.0886. The summed E-state index contributed by atoms with van der Waals surface area (Å²) in [5.74, 6) is 0.455. The maximum atomic E-state index is 12.4. The van der Waals surface area contributed by atoms with Crippen LogP contribution in [0.3, 0.4) is 0 Å². The van der Waals surface area contributed by atoms with Gasteiger partial charge in [-0.3, -0.25) is 9.89 Å². The number of aromatic nitrogens is 2. The van der Waals surface area contributed by atoms with E-state index in [4.69, 9.17) is 0 Å². The number of piperidine rings is 1. The van der Waals surface area contributed by atoms with E-state index in [2.05, 4.69) is 17.1 Å². The number of aromatic amines is 1. The number of nitrogens with one attached hydrogen (secondary N) is 1. The minimum absolute atomic E-state index is 0.0886. The highest BCUT2D eigenvalue weighted by Crippen LogP contribution is 2.27. The third kappa shape index (κ3) is 3.27. The second-order valence-electron chi connectivity index (χ2n) is 5.83. The summed E-state index contributed by atoms with van der Waals surface area (Å²) in [5.41, 5.74) is 3.40. The number of likely N-dealkylation sites (tertiary alicyclic amines) is 1. The van der Waals surface area contributed by atoms with E-state index in [1.165, 1.54) is 11.3 Å². The largest absolute Gasteiger partial charge is 0.338 e. The first-order valence-electron chi connectivity index (χ1n) is 7.76. The Morgan fingerprint density at radius 3 is 2.91 bits per heavy atom. The van der Waals surface area contributed by atoms with E-state index in [0.717, 1.165) is 31.5 Å². The van der Waals surface area contributed by atoms with Gasteiger partial charge in [-0.25, -0.2) is 0 Å². The molecule has 1 fully saturated rings. The summed E-state index contributed by atoms with van der Waals surface area (Å²) in [6.45, 7) is 3.66. The molecule has 114 valence electrons. The predicted molar refractivity (Wildman–Crippen MR) is 87.4 cm³/mol. The van der Waals surface area contributed by atoms with E-state index in [0.29, 0.717) is 5.92 Å². The molecule has 3 rings (SSSR count). The first-order valence-corrected chi connectivity index (χ1v) is 7.76. The number of benzene rings is 1. The van der Waals surface area contributed by atoms with E-state index in [-0.39, 0.29) is 5.91 Å². The van der Waals surface area contributed by atoms with Crippen LogP contribution < -0.4 is 0 Å². The predicted octanol–water partition coefficient (Wildman–Crippen LogP) is 3.14. The molecule has 1 N–H and O–H groups in total. The van der Waals surface area contributed by atoms with Crippen molar-refractivity contribution in [3.05, 3.63) is 59.4 Å². The molecule has 1 aliphatic heterocycles. The second-order valence-corrected chi connectivity index (χ2v) is 5.83. The lowest BCUT2D eigenvalue weighted by atomic mass is 9.93. The fourth-order valence-electron chi connectivity index (χ4n) is 3.02. The molecule has 2 heterocycles. The maximum Gasteiger partial charge on any atom is 0.246 e. The number of carbonyl (C=O) groups is 1. The van der Waals surface area contributed by atoms with Crippen LogP contribution in [0.4, 0.5) is 0 Å². The Labute approximate surface area is 130 Å². The van der Waals surface area contributed by atoms with Crippen molar-refractivity contribution in [1.82, 2.24) is 15.1 Å². The van der Waals surface area contributed by atoms with Crippen molar-refractivity contribution >= 4 is 12.0 Å². The van der Waals surface area contributed by atoms with Crippen molar-refractivity contribution in [2.24, 2.45) is 0 Å². The van der Waals surface area contributed by atoms with Crippen LogP contribution in [0.5, 0.6) is 0 Å². The van der Waals surface area contributed by atoms with Crippen molar-refractivity contribution < 1.29 is 4.79 Å². The molecular weight excluding hydrogens is 274 g/mol. The molecule has 1 saturated heterocycles. The molecule has 22 heavy (non-hydrogen) atoms. The monoisotopic (exact) mass is 295 g/mol. The van der Waals surface area contributed by atoms with Gasteiger partial charge >= 0.3 is 0 Å². The summed E-state index contributed by atoms with van der Waals surface area (Å²) in [5, 5.41) is 7.19. The van der Waals surface area contributed by atoms with Crippen LogP contribution in [0.2, 0.25) is 0 Å². The highest BCUT2D eigenvalue weighted by atomic mass is 16.2. The summed E-state index contributed by atoms with van der Waals surface area (Å²) < 4.78 is 0. The molecule has 4 nitrogen and oxygen atoms in total. The molecule has 0 aliphatic carbocycles. The first kappa shape index (κ1) is 14.6. The smallest absolute Gasteiger partial charge is 0.246 e. The van der Waals surface area contributed by atoms with E-state index < -0.39 is 0 Å². The van der Waals surface area contributed by atoms with Gasteiger partial charge in [-0.2, -0.15) is 5.10 Å². The molecule has 4 heteroatoms. The standard InChI is InChI=1S/C18H21N3O/c1-14-12-19-20-18(14)16-8-5-11-21(13-16)17(22)10-9-15-6-3-2-4-7-15/h2-4,6-7,9-10,12,16H,5,8,11,13H2,1H3,(H,19,20)/b10-9+. The minimum Gasteiger partial charge on any atom is -0.338 e. The van der Waals surface area contributed by atoms with E-state index in [1.54, 1.807) is 6.08 Å². The van der Waals surface area contributed by atoms with Crippen LogP contribution in [0.25, 0.3) is 6.08 Å². The first-order chi connectivity index (χ1) is 10.7. The summed E-state index contributed by atoms with van der Waals surface area (Å²) in [6.07, 6.45) is 7.56. The Morgan fingerprint density at radius 2 is 2.18 bits per heavy atom. The second kappa shape index (κ2) is 6.60. The molecule has 1 aliphatic rings. The number of H-pyrrole nitrogens is 1. The Balaban J connectivity index is 1.66. The fraction of sp³-hybridized carbons (Fsp3) is 0.333. The number of hydrogen-bond acceptors (Lipinski definition) is 2. The highest BCUT2D eigenvalue weighted by molar-refractivity contribution is 5.91. The van der Waals surface area contributed by atoms with Crippen LogP contribution in [0, 0.1) is 6.92 Å². The summed E-state index contributed by atoms with van der Waals surface area (Å²) in [7, 11) is 0.